The molecule has 102 valence electrons. The lowest BCUT2D eigenvalue weighted by Gasteiger charge is -2.16. The Morgan fingerprint density at radius 3 is 2.79 bits per heavy atom. The smallest absolute Gasteiger partial charge is 0.253 e. The topological polar surface area (TPSA) is 69.0 Å². The first-order valence-corrected chi connectivity index (χ1v) is 6.49. The summed E-state index contributed by atoms with van der Waals surface area (Å²) >= 11 is 0. The van der Waals surface area contributed by atoms with Crippen LogP contribution < -0.4 is 5.32 Å². The molecule has 0 unspecified atom stereocenters. The van der Waals surface area contributed by atoms with E-state index in [9.17, 15) is 4.79 Å². The van der Waals surface area contributed by atoms with Gasteiger partial charge in [0.25, 0.3) is 5.91 Å². The van der Waals surface area contributed by atoms with Crippen LogP contribution in [-0.4, -0.2) is 35.9 Å². The molecule has 0 aliphatic heterocycles. The van der Waals surface area contributed by atoms with Gasteiger partial charge in [-0.05, 0) is 25.5 Å². The van der Waals surface area contributed by atoms with Crippen molar-refractivity contribution in [1.29, 1.82) is 5.26 Å². The molecule has 0 saturated heterocycles. The van der Waals surface area contributed by atoms with Crippen molar-refractivity contribution < 1.29 is 4.79 Å². The molecule has 0 radical (unpaired) electrons. The molecule has 5 nitrogen and oxygen atoms in total. The molecule has 0 aliphatic rings. The van der Waals surface area contributed by atoms with Crippen molar-refractivity contribution in [2.45, 2.75) is 26.7 Å². The van der Waals surface area contributed by atoms with Gasteiger partial charge in [-0.15, -0.1) is 0 Å². The van der Waals surface area contributed by atoms with Crippen LogP contribution in [0.3, 0.4) is 0 Å². The minimum absolute atomic E-state index is 0.0773. The summed E-state index contributed by atoms with van der Waals surface area (Å²) in [6.45, 7) is 5.19. The van der Waals surface area contributed by atoms with Gasteiger partial charge in [-0.25, -0.2) is 4.98 Å². The summed E-state index contributed by atoms with van der Waals surface area (Å²) in [6, 6.07) is 5.61. The Kier molecular flexibility index (Phi) is 5.80. The Morgan fingerprint density at radius 1 is 1.47 bits per heavy atom. The highest BCUT2D eigenvalue weighted by molar-refractivity contribution is 5.94. The number of aryl methyl sites for hydroxylation is 1. The van der Waals surface area contributed by atoms with Crippen LogP contribution in [-0.2, 0) is 6.42 Å². The molecule has 1 N–H and O–H groups in total. The van der Waals surface area contributed by atoms with Crippen LogP contribution >= 0.6 is 0 Å². The highest BCUT2D eigenvalue weighted by Crippen LogP contribution is 2.13. The first-order valence-electron chi connectivity index (χ1n) is 6.49. The van der Waals surface area contributed by atoms with Gasteiger partial charge in [0, 0.05) is 31.4 Å². The van der Waals surface area contributed by atoms with Gasteiger partial charge in [-0.1, -0.05) is 6.92 Å². The predicted octanol–water partition coefficient (Wildman–Crippen LogP) is 2.06. The number of pyridine rings is 1. The van der Waals surface area contributed by atoms with Gasteiger partial charge < -0.3 is 10.2 Å². The highest BCUT2D eigenvalue weighted by Gasteiger charge is 2.13. The molecule has 1 heterocycles. The number of carbonyl (C=O) groups is 1. The average Bonchev–Trinajstić information content (AvgIpc) is 2.43. The van der Waals surface area contributed by atoms with Crippen molar-refractivity contribution in [2.24, 2.45) is 0 Å². The maximum atomic E-state index is 12.2. The molecule has 1 aromatic heterocycles. The molecule has 1 amide bonds. The molecule has 19 heavy (non-hydrogen) atoms. The van der Waals surface area contributed by atoms with Crippen molar-refractivity contribution in [3.63, 3.8) is 0 Å². The zero-order valence-electron chi connectivity index (χ0n) is 11.7. The van der Waals surface area contributed by atoms with Gasteiger partial charge in [-0.2, -0.15) is 5.26 Å². The normalized spacial score (nSPS) is 9.79. The van der Waals surface area contributed by atoms with Crippen LogP contribution in [0.4, 0.5) is 5.82 Å². The lowest BCUT2D eigenvalue weighted by atomic mass is 10.1. The standard InChI is InChI=1S/C14H20N4O/c1-4-12-9-11(10-13(17-12)16-5-2)14(19)18(3)8-6-7-15/h9-10H,4-6,8H2,1-3H3,(H,16,17). The zero-order valence-corrected chi connectivity index (χ0v) is 11.7. The van der Waals surface area contributed by atoms with Crippen LogP contribution in [0.15, 0.2) is 12.1 Å². The van der Waals surface area contributed by atoms with Gasteiger partial charge in [0.05, 0.1) is 12.5 Å². The lowest BCUT2D eigenvalue weighted by molar-refractivity contribution is 0.0798. The van der Waals surface area contributed by atoms with Crippen molar-refractivity contribution in [1.82, 2.24) is 9.88 Å². The number of nitrogens with one attached hydrogen (secondary N) is 1. The molecular weight excluding hydrogens is 240 g/mol. The van der Waals surface area contributed by atoms with Gasteiger partial charge in [-0.3, -0.25) is 4.79 Å². The Labute approximate surface area is 114 Å². The molecule has 0 saturated carbocycles. The van der Waals surface area contributed by atoms with Crippen LogP contribution in [0.5, 0.6) is 0 Å². The van der Waals surface area contributed by atoms with E-state index in [0.29, 0.717) is 18.5 Å². The van der Waals surface area contributed by atoms with Gasteiger partial charge in [0.2, 0.25) is 0 Å². The summed E-state index contributed by atoms with van der Waals surface area (Å²) in [5, 5.41) is 11.7. The van der Waals surface area contributed by atoms with Crippen molar-refractivity contribution in [3.8, 4) is 6.07 Å². The molecule has 0 aromatic carbocycles. The predicted molar refractivity (Wildman–Crippen MR) is 75.0 cm³/mol. The molecule has 0 fully saturated rings. The Hall–Kier alpha value is -2.09. The summed E-state index contributed by atoms with van der Waals surface area (Å²) in [5.41, 5.74) is 1.50. The summed E-state index contributed by atoms with van der Waals surface area (Å²) in [6.07, 6.45) is 1.12. The van der Waals surface area contributed by atoms with Crippen LogP contribution in [0.25, 0.3) is 0 Å². The Bertz CT molecular complexity index is 479. The molecule has 0 bridgehead atoms. The second-order valence-corrected chi connectivity index (χ2v) is 4.25. The third kappa shape index (κ3) is 4.25. The fourth-order valence-corrected chi connectivity index (χ4v) is 1.70. The van der Waals surface area contributed by atoms with Crippen LogP contribution in [0.1, 0.15) is 36.3 Å². The van der Waals surface area contributed by atoms with E-state index >= 15 is 0 Å². The van der Waals surface area contributed by atoms with Crippen LogP contribution in [0.2, 0.25) is 0 Å². The largest absolute Gasteiger partial charge is 0.370 e. The number of anilines is 1. The van der Waals surface area contributed by atoms with Crippen molar-refractivity contribution in [2.75, 3.05) is 25.5 Å². The van der Waals surface area contributed by atoms with Gasteiger partial charge >= 0.3 is 0 Å². The summed E-state index contributed by atoms with van der Waals surface area (Å²) < 4.78 is 0. The number of aromatic nitrogens is 1. The highest BCUT2D eigenvalue weighted by atomic mass is 16.2. The van der Waals surface area contributed by atoms with E-state index in [1.807, 2.05) is 26.0 Å². The second-order valence-electron chi connectivity index (χ2n) is 4.25. The number of rotatable bonds is 6. The Balaban J connectivity index is 2.95. The number of hydrogen-bond acceptors (Lipinski definition) is 4. The molecule has 1 aromatic rings. The van der Waals surface area contributed by atoms with Gasteiger partial charge in [0.1, 0.15) is 5.82 Å². The molecule has 0 atom stereocenters. The maximum absolute atomic E-state index is 12.2. The third-order valence-corrected chi connectivity index (χ3v) is 2.75. The summed E-state index contributed by atoms with van der Waals surface area (Å²) in [5.74, 6) is 0.644. The van der Waals surface area contributed by atoms with E-state index in [2.05, 4.69) is 10.3 Å². The first-order chi connectivity index (χ1) is 9.12. The quantitative estimate of drug-likeness (QED) is 0.850. The minimum atomic E-state index is -0.0773. The summed E-state index contributed by atoms with van der Waals surface area (Å²) in [7, 11) is 1.71. The fourth-order valence-electron chi connectivity index (χ4n) is 1.70. The number of nitriles is 1. The van der Waals surface area contributed by atoms with E-state index in [1.54, 1.807) is 18.0 Å². The fraction of sp³-hybridized carbons (Fsp3) is 0.500. The molecular formula is C14H20N4O. The number of hydrogen-bond donors (Lipinski definition) is 1. The van der Waals surface area contributed by atoms with E-state index in [0.717, 1.165) is 24.5 Å². The summed E-state index contributed by atoms with van der Waals surface area (Å²) in [4.78, 5) is 18.2. The van der Waals surface area contributed by atoms with E-state index < -0.39 is 0 Å². The average molecular weight is 260 g/mol. The monoisotopic (exact) mass is 260 g/mol. The van der Waals surface area contributed by atoms with E-state index in [1.165, 1.54) is 0 Å². The Morgan fingerprint density at radius 2 is 2.21 bits per heavy atom. The zero-order chi connectivity index (χ0) is 14.3. The van der Waals surface area contributed by atoms with E-state index in [-0.39, 0.29) is 5.91 Å². The molecule has 1 rings (SSSR count). The lowest BCUT2D eigenvalue weighted by Crippen LogP contribution is -2.27. The minimum Gasteiger partial charge on any atom is -0.370 e. The number of amides is 1. The van der Waals surface area contributed by atoms with Crippen molar-refractivity contribution in [3.05, 3.63) is 23.4 Å². The van der Waals surface area contributed by atoms with Gasteiger partial charge in [0.15, 0.2) is 0 Å². The number of carbonyl (C=O) groups excluding carboxylic acids is 1. The third-order valence-electron chi connectivity index (χ3n) is 2.75. The first kappa shape index (κ1) is 15.0. The second kappa shape index (κ2) is 7.37. The SMILES string of the molecule is CCNc1cc(C(=O)N(C)CCC#N)cc(CC)n1. The van der Waals surface area contributed by atoms with Crippen molar-refractivity contribution >= 4 is 11.7 Å². The van der Waals surface area contributed by atoms with E-state index in [4.69, 9.17) is 5.26 Å². The molecule has 0 spiro atoms. The maximum Gasteiger partial charge on any atom is 0.253 e. The molecule has 0 aliphatic carbocycles. The van der Waals surface area contributed by atoms with Crippen LogP contribution in [0, 0.1) is 11.3 Å². The number of nitrogens with zero attached hydrogens (tertiary/aromatic N) is 3. The molecule has 5 heteroatoms.